The van der Waals surface area contributed by atoms with Crippen LogP contribution in [0.15, 0.2) is 42.5 Å². The number of carbonyl (C=O) groups is 1. The second-order valence-corrected chi connectivity index (χ2v) is 8.87. The summed E-state index contributed by atoms with van der Waals surface area (Å²) in [6.45, 7) is 1.13. The minimum Gasteiger partial charge on any atom is -0.388 e. The Balaban J connectivity index is 1.52. The van der Waals surface area contributed by atoms with Crippen LogP contribution in [0.3, 0.4) is 0 Å². The molecule has 2 aromatic carbocycles. The number of hydrogen-bond acceptors (Lipinski definition) is 4. The first-order valence-corrected chi connectivity index (χ1v) is 11.4. The van der Waals surface area contributed by atoms with Gasteiger partial charge in [-0.1, -0.05) is 53.0 Å². The van der Waals surface area contributed by atoms with Crippen LogP contribution in [0.2, 0.25) is 15.1 Å². The number of halogens is 3. The van der Waals surface area contributed by atoms with Crippen molar-refractivity contribution in [1.29, 1.82) is 0 Å². The largest absolute Gasteiger partial charge is 0.388 e. The van der Waals surface area contributed by atoms with Crippen LogP contribution < -0.4 is 5.32 Å². The number of urea groups is 1. The molecule has 0 unspecified atom stereocenters. The summed E-state index contributed by atoms with van der Waals surface area (Å²) in [6, 6.07) is 12.2. The number of nitrogens with one attached hydrogen (secondary N) is 1. The summed E-state index contributed by atoms with van der Waals surface area (Å²) < 4.78 is 1.87. The molecule has 10 heteroatoms. The third kappa shape index (κ3) is 5.02. The topological polar surface area (TPSA) is 83.3 Å². The van der Waals surface area contributed by atoms with E-state index >= 15 is 0 Å². The Kier molecular flexibility index (Phi) is 7.20. The number of hydrogen-bond donors (Lipinski definition) is 2. The molecule has 2 heterocycles. The zero-order valence-corrected chi connectivity index (χ0v) is 19.4. The first-order chi connectivity index (χ1) is 15.5. The highest BCUT2D eigenvalue weighted by Gasteiger charge is 2.34. The summed E-state index contributed by atoms with van der Waals surface area (Å²) in [6.07, 6.45) is 1.61. The molecule has 1 fully saturated rings. The number of likely N-dealkylation sites (tertiary alicyclic amines) is 1. The number of aromatic nitrogens is 3. The molecule has 0 aliphatic carbocycles. The van der Waals surface area contributed by atoms with Gasteiger partial charge in [0.25, 0.3) is 0 Å². The SMILES string of the molecule is O=C(NCc1ccc(Cl)cc1Cl)N1CCC[C@@H]1c1nnc(CO)n1Cc1ccc(Cl)cc1. The molecule has 3 aromatic rings. The van der Waals surface area contributed by atoms with E-state index < -0.39 is 0 Å². The monoisotopic (exact) mass is 493 g/mol. The van der Waals surface area contributed by atoms with E-state index in [0.29, 0.717) is 39.8 Å². The summed E-state index contributed by atoms with van der Waals surface area (Å²) in [7, 11) is 0. The maximum atomic E-state index is 13.0. The maximum absolute atomic E-state index is 13.0. The van der Waals surface area contributed by atoms with Crippen LogP contribution in [0.1, 0.15) is 41.7 Å². The Bertz CT molecular complexity index is 1100. The molecule has 0 spiro atoms. The first-order valence-electron chi connectivity index (χ1n) is 10.2. The molecule has 1 atom stereocenters. The lowest BCUT2D eigenvalue weighted by Gasteiger charge is -2.25. The Morgan fingerprint density at radius 3 is 2.56 bits per heavy atom. The number of rotatable bonds is 6. The Morgan fingerprint density at radius 2 is 1.84 bits per heavy atom. The molecular weight excluding hydrogens is 473 g/mol. The number of nitrogens with zero attached hydrogens (tertiary/aromatic N) is 4. The minimum atomic E-state index is -0.241. The normalized spacial score (nSPS) is 15.9. The molecular formula is C22H22Cl3N5O2. The lowest BCUT2D eigenvalue weighted by molar-refractivity contribution is 0.189. The molecule has 2 amide bonds. The summed E-state index contributed by atoms with van der Waals surface area (Å²) >= 11 is 18.2. The van der Waals surface area contributed by atoms with E-state index in [2.05, 4.69) is 15.5 Å². The summed E-state index contributed by atoms with van der Waals surface area (Å²) in [5.41, 5.74) is 1.78. The van der Waals surface area contributed by atoms with Gasteiger partial charge in [-0.3, -0.25) is 0 Å². The van der Waals surface area contributed by atoms with Gasteiger partial charge >= 0.3 is 6.03 Å². The third-order valence-electron chi connectivity index (χ3n) is 5.51. The molecule has 1 aliphatic rings. The lowest BCUT2D eigenvalue weighted by atomic mass is 10.2. The third-order valence-corrected chi connectivity index (χ3v) is 6.35. The van der Waals surface area contributed by atoms with E-state index in [1.165, 1.54) is 0 Å². The molecule has 1 aliphatic heterocycles. The fourth-order valence-electron chi connectivity index (χ4n) is 3.87. The van der Waals surface area contributed by atoms with Crippen LogP contribution in [0.4, 0.5) is 4.79 Å². The van der Waals surface area contributed by atoms with Crippen molar-refractivity contribution in [2.75, 3.05) is 6.54 Å². The van der Waals surface area contributed by atoms with Gasteiger partial charge in [0.1, 0.15) is 6.61 Å². The van der Waals surface area contributed by atoms with Crippen LogP contribution in [0.25, 0.3) is 0 Å². The van der Waals surface area contributed by atoms with Gasteiger partial charge in [-0.05, 0) is 48.2 Å². The fraction of sp³-hybridized carbons (Fsp3) is 0.318. The number of carbonyl (C=O) groups excluding carboxylic acids is 1. The molecule has 7 nitrogen and oxygen atoms in total. The highest BCUT2D eigenvalue weighted by atomic mass is 35.5. The predicted molar refractivity (Wildman–Crippen MR) is 124 cm³/mol. The first kappa shape index (κ1) is 22.9. The molecule has 0 saturated carbocycles. The van der Waals surface area contributed by atoms with Crippen LogP contribution >= 0.6 is 34.8 Å². The van der Waals surface area contributed by atoms with Gasteiger partial charge in [0.05, 0.1) is 12.6 Å². The predicted octanol–water partition coefficient (Wildman–Crippen LogP) is 4.83. The van der Waals surface area contributed by atoms with Crippen molar-refractivity contribution >= 4 is 40.8 Å². The average molecular weight is 495 g/mol. The van der Waals surface area contributed by atoms with Crippen LogP contribution in [-0.2, 0) is 19.7 Å². The van der Waals surface area contributed by atoms with Crippen molar-refractivity contribution in [2.24, 2.45) is 0 Å². The van der Waals surface area contributed by atoms with Crippen molar-refractivity contribution in [3.05, 3.63) is 80.3 Å². The van der Waals surface area contributed by atoms with Crippen molar-refractivity contribution in [3.8, 4) is 0 Å². The Morgan fingerprint density at radius 1 is 1.09 bits per heavy atom. The lowest BCUT2D eigenvalue weighted by Crippen LogP contribution is -2.40. The van der Waals surface area contributed by atoms with Crippen LogP contribution in [-0.4, -0.2) is 37.3 Å². The highest BCUT2D eigenvalue weighted by molar-refractivity contribution is 6.35. The van der Waals surface area contributed by atoms with Crippen molar-refractivity contribution in [1.82, 2.24) is 25.0 Å². The van der Waals surface area contributed by atoms with Crippen LogP contribution in [0, 0.1) is 0 Å². The number of aliphatic hydroxyl groups is 1. The average Bonchev–Trinajstić information content (AvgIpc) is 3.41. The zero-order valence-electron chi connectivity index (χ0n) is 17.1. The molecule has 2 N–H and O–H groups in total. The van der Waals surface area contributed by atoms with Gasteiger partial charge in [0.15, 0.2) is 11.6 Å². The van der Waals surface area contributed by atoms with Crippen molar-refractivity contribution < 1.29 is 9.90 Å². The molecule has 0 radical (unpaired) electrons. The van der Waals surface area contributed by atoms with E-state index in [0.717, 1.165) is 24.0 Å². The quantitative estimate of drug-likeness (QED) is 0.514. The van der Waals surface area contributed by atoms with Gasteiger partial charge in [0.2, 0.25) is 0 Å². The number of benzene rings is 2. The van der Waals surface area contributed by atoms with Crippen molar-refractivity contribution in [3.63, 3.8) is 0 Å². The number of aliphatic hydroxyl groups excluding tert-OH is 1. The van der Waals surface area contributed by atoms with Gasteiger partial charge in [0, 0.05) is 28.2 Å². The summed E-state index contributed by atoms with van der Waals surface area (Å²) in [5, 5.41) is 22.9. The second kappa shape index (κ2) is 10.1. The van der Waals surface area contributed by atoms with Gasteiger partial charge in [-0.2, -0.15) is 0 Å². The molecule has 168 valence electrons. The Hall–Kier alpha value is -2.32. The minimum absolute atomic E-state index is 0.204. The summed E-state index contributed by atoms with van der Waals surface area (Å²) in [4.78, 5) is 14.7. The summed E-state index contributed by atoms with van der Waals surface area (Å²) in [5.74, 6) is 1.11. The van der Waals surface area contributed by atoms with Gasteiger partial charge in [-0.15, -0.1) is 10.2 Å². The van der Waals surface area contributed by atoms with Crippen molar-refractivity contribution in [2.45, 2.75) is 38.6 Å². The van der Waals surface area contributed by atoms with E-state index in [9.17, 15) is 9.90 Å². The van der Waals surface area contributed by atoms with Crippen LogP contribution in [0.5, 0.6) is 0 Å². The van der Waals surface area contributed by atoms with E-state index in [1.54, 1.807) is 23.1 Å². The van der Waals surface area contributed by atoms with Gasteiger partial charge < -0.3 is 19.9 Å². The Labute approximate surface area is 200 Å². The zero-order chi connectivity index (χ0) is 22.7. The number of amides is 2. The smallest absolute Gasteiger partial charge is 0.318 e. The molecule has 1 saturated heterocycles. The molecule has 32 heavy (non-hydrogen) atoms. The molecule has 1 aromatic heterocycles. The second-order valence-electron chi connectivity index (χ2n) is 7.59. The maximum Gasteiger partial charge on any atom is 0.318 e. The van der Waals surface area contributed by atoms with Gasteiger partial charge in [-0.25, -0.2) is 4.79 Å². The van der Waals surface area contributed by atoms with E-state index in [-0.39, 0.29) is 25.2 Å². The highest BCUT2D eigenvalue weighted by Crippen LogP contribution is 2.32. The fourth-order valence-corrected chi connectivity index (χ4v) is 4.47. The molecule has 4 rings (SSSR count). The standard InChI is InChI=1S/C22H22Cl3N5O2/c23-16-6-3-14(4-7-16)12-30-20(13-31)27-28-21(30)19-2-1-9-29(19)22(32)26-11-15-5-8-17(24)10-18(15)25/h3-8,10,19,31H,1-2,9,11-13H2,(H,26,32)/t19-/m1/s1. The van der Waals surface area contributed by atoms with E-state index in [4.69, 9.17) is 34.8 Å². The molecule has 0 bridgehead atoms. The van der Waals surface area contributed by atoms with E-state index in [1.807, 2.05) is 28.8 Å².